The third-order valence-corrected chi connectivity index (χ3v) is 6.17. The average molecular weight is 489 g/mol. The van der Waals surface area contributed by atoms with Crippen molar-refractivity contribution in [1.82, 2.24) is 29.8 Å². The van der Waals surface area contributed by atoms with E-state index >= 15 is 0 Å². The van der Waals surface area contributed by atoms with Gasteiger partial charge in [-0.15, -0.1) is 22.5 Å². The van der Waals surface area contributed by atoms with Gasteiger partial charge in [0.2, 0.25) is 11.7 Å². The number of carbonyl (C=O) groups is 1. The highest BCUT2D eigenvalue weighted by Crippen LogP contribution is 2.29. The summed E-state index contributed by atoms with van der Waals surface area (Å²) in [6.07, 6.45) is 8.23. The first kappa shape index (κ1) is 23.7. The molecule has 0 aliphatic heterocycles. The lowest BCUT2D eigenvalue weighted by atomic mass is 9.98. The maximum absolute atomic E-state index is 13.3. The van der Waals surface area contributed by atoms with Crippen molar-refractivity contribution in [3.63, 3.8) is 0 Å². The van der Waals surface area contributed by atoms with E-state index in [1.165, 1.54) is 4.57 Å². The van der Waals surface area contributed by atoms with Crippen LogP contribution in [0.2, 0.25) is 0 Å². The molecular formula is C29H24N6O2. The summed E-state index contributed by atoms with van der Waals surface area (Å²) < 4.78 is 2.83. The molecule has 0 aliphatic rings. The Labute approximate surface area is 213 Å². The Morgan fingerprint density at radius 2 is 1.65 bits per heavy atom. The molecule has 0 saturated heterocycles. The number of imidazole rings is 1. The van der Waals surface area contributed by atoms with E-state index < -0.39 is 0 Å². The van der Waals surface area contributed by atoms with E-state index in [2.05, 4.69) is 26.5 Å². The van der Waals surface area contributed by atoms with Gasteiger partial charge in [-0.2, -0.15) is 5.21 Å². The van der Waals surface area contributed by atoms with Crippen molar-refractivity contribution in [2.45, 2.75) is 25.8 Å². The van der Waals surface area contributed by atoms with Gasteiger partial charge in [0.1, 0.15) is 0 Å². The van der Waals surface area contributed by atoms with Crippen LogP contribution in [0, 0.1) is 12.3 Å². The number of rotatable bonds is 8. The molecule has 0 spiro atoms. The predicted octanol–water partition coefficient (Wildman–Crippen LogP) is 3.99. The van der Waals surface area contributed by atoms with Gasteiger partial charge in [0.05, 0.1) is 13.0 Å². The van der Waals surface area contributed by atoms with E-state index in [4.69, 9.17) is 6.42 Å². The van der Waals surface area contributed by atoms with Crippen molar-refractivity contribution in [2.24, 2.45) is 0 Å². The number of benzene rings is 3. The Balaban J connectivity index is 1.42. The van der Waals surface area contributed by atoms with Gasteiger partial charge in [-0.3, -0.25) is 9.36 Å². The number of aromatic nitrogens is 6. The third-order valence-electron chi connectivity index (χ3n) is 6.17. The van der Waals surface area contributed by atoms with Crippen LogP contribution >= 0.6 is 0 Å². The molecule has 5 rings (SSSR count). The van der Waals surface area contributed by atoms with Gasteiger partial charge in [-0.1, -0.05) is 78.9 Å². The van der Waals surface area contributed by atoms with Crippen molar-refractivity contribution in [3.8, 4) is 34.9 Å². The second-order valence-electron chi connectivity index (χ2n) is 8.60. The van der Waals surface area contributed by atoms with Gasteiger partial charge < -0.3 is 0 Å². The van der Waals surface area contributed by atoms with Crippen LogP contribution in [0.25, 0.3) is 22.5 Å². The minimum Gasteiger partial charge on any atom is -0.292 e. The minimum absolute atomic E-state index is 0.147. The van der Waals surface area contributed by atoms with Crippen molar-refractivity contribution in [2.75, 3.05) is 0 Å². The van der Waals surface area contributed by atoms with Crippen molar-refractivity contribution in [3.05, 3.63) is 112 Å². The van der Waals surface area contributed by atoms with Gasteiger partial charge in [-0.05, 0) is 27.5 Å². The van der Waals surface area contributed by atoms with Gasteiger partial charge in [0.25, 0.3) is 0 Å². The van der Waals surface area contributed by atoms with Crippen molar-refractivity contribution >= 4 is 5.91 Å². The Morgan fingerprint density at radius 1 is 0.919 bits per heavy atom. The van der Waals surface area contributed by atoms with Gasteiger partial charge >= 0.3 is 5.69 Å². The molecule has 3 aromatic carbocycles. The first-order valence-electron chi connectivity index (χ1n) is 11.9. The van der Waals surface area contributed by atoms with Crippen LogP contribution in [-0.2, 0) is 19.4 Å². The maximum atomic E-state index is 13.3. The number of tetrazole rings is 1. The Bertz CT molecular complexity index is 1610. The van der Waals surface area contributed by atoms with E-state index in [0.717, 1.165) is 33.5 Å². The van der Waals surface area contributed by atoms with Crippen molar-refractivity contribution in [1.29, 1.82) is 0 Å². The molecule has 37 heavy (non-hydrogen) atoms. The van der Waals surface area contributed by atoms with Gasteiger partial charge in [0, 0.05) is 30.3 Å². The summed E-state index contributed by atoms with van der Waals surface area (Å²) >= 11 is 0. The number of aryl methyl sites for hydroxylation is 1. The SMILES string of the molecule is C#CCCc1cn(C(=O)Cc2ccccc2)c(=O)n1Cc1ccc(-c2ccccc2-c2nn[nH]n2)cc1. The number of aromatic amines is 1. The zero-order valence-corrected chi connectivity index (χ0v) is 20.0. The molecule has 0 unspecified atom stereocenters. The quantitative estimate of drug-likeness (QED) is 0.333. The fraction of sp³-hybridized carbons (Fsp3) is 0.138. The summed E-state index contributed by atoms with van der Waals surface area (Å²) in [6, 6.07) is 25.2. The van der Waals surface area contributed by atoms with Crippen LogP contribution in [0.15, 0.2) is 89.9 Å². The van der Waals surface area contributed by atoms with Gasteiger partial charge in [-0.25, -0.2) is 9.36 Å². The molecule has 0 fully saturated rings. The average Bonchev–Trinajstić information content (AvgIpc) is 3.57. The van der Waals surface area contributed by atoms with Crippen LogP contribution in [0.1, 0.15) is 28.0 Å². The largest absolute Gasteiger partial charge is 0.335 e. The fourth-order valence-electron chi connectivity index (χ4n) is 4.31. The molecule has 8 nitrogen and oxygen atoms in total. The standard InChI is InChI=1S/C29H24N6O2/c1-2-3-11-24-20-35(27(36)18-21-9-5-4-6-10-21)29(37)34(24)19-22-14-16-23(17-15-22)25-12-7-8-13-26(25)28-30-32-33-31-28/h1,4-10,12-17,20H,3,11,18-19H2,(H,30,31,32,33). The van der Waals surface area contributed by atoms with Crippen molar-refractivity contribution < 1.29 is 4.79 Å². The number of hydrogen-bond acceptors (Lipinski definition) is 5. The normalized spacial score (nSPS) is 10.8. The van der Waals surface area contributed by atoms with E-state index in [-0.39, 0.29) is 18.0 Å². The monoisotopic (exact) mass is 488 g/mol. The molecule has 5 aromatic rings. The first-order chi connectivity index (χ1) is 18.1. The molecule has 0 aliphatic carbocycles. The highest BCUT2D eigenvalue weighted by Gasteiger charge is 2.17. The molecule has 1 N–H and O–H groups in total. The number of hydrogen-bond donors (Lipinski definition) is 1. The predicted molar refractivity (Wildman–Crippen MR) is 141 cm³/mol. The lowest BCUT2D eigenvalue weighted by molar-refractivity contribution is 0.0909. The smallest absolute Gasteiger partial charge is 0.292 e. The molecule has 2 aromatic heterocycles. The lowest BCUT2D eigenvalue weighted by Crippen LogP contribution is -2.30. The molecule has 0 atom stereocenters. The summed E-state index contributed by atoms with van der Waals surface area (Å²) in [5.74, 6) is 2.87. The van der Waals surface area contributed by atoms with Crippen LogP contribution in [-0.4, -0.2) is 35.7 Å². The molecule has 0 amide bonds. The fourth-order valence-corrected chi connectivity index (χ4v) is 4.31. The summed E-state index contributed by atoms with van der Waals surface area (Å²) in [5.41, 5.74) is 4.98. The second kappa shape index (κ2) is 10.7. The summed E-state index contributed by atoms with van der Waals surface area (Å²) in [6.45, 7) is 0.330. The lowest BCUT2D eigenvalue weighted by Gasteiger charge is -2.10. The minimum atomic E-state index is -0.362. The number of nitrogens with zero attached hydrogens (tertiary/aromatic N) is 5. The highest BCUT2D eigenvalue weighted by atomic mass is 16.2. The van der Waals surface area contributed by atoms with Crippen LogP contribution in [0.5, 0.6) is 0 Å². The van der Waals surface area contributed by atoms with E-state index in [0.29, 0.717) is 25.2 Å². The number of carbonyl (C=O) groups excluding carboxylic acids is 1. The van der Waals surface area contributed by atoms with E-state index in [9.17, 15) is 9.59 Å². The summed E-state index contributed by atoms with van der Waals surface area (Å²) in [7, 11) is 0. The van der Waals surface area contributed by atoms with Crippen LogP contribution in [0.3, 0.4) is 0 Å². The van der Waals surface area contributed by atoms with E-state index in [1.54, 1.807) is 10.8 Å². The number of H-pyrrole nitrogens is 1. The number of terminal acetylenes is 1. The zero-order chi connectivity index (χ0) is 25.6. The molecule has 182 valence electrons. The summed E-state index contributed by atoms with van der Waals surface area (Å²) in [5, 5.41) is 14.4. The Morgan fingerprint density at radius 3 is 2.35 bits per heavy atom. The Hall–Kier alpha value is -5.03. The third kappa shape index (κ3) is 5.16. The summed E-state index contributed by atoms with van der Waals surface area (Å²) in [4.78, 5) is 26.2. The molecule has 0 bridgehead atoms. The molecule has 2 heterocycles. The topological polar surface area (TPSA) is 98.5 Å². The second-order valence-corrected chi connectivity index (χ2v) is 8.60. The number of nitrogens with one attached hydrogen (secondary N) is 1. The maximum Gasteiger partial charge on any atom is 0.335 e. The molecule has 0 saturated carbocycles. The zero-order valence-electron chi connectivity index (χ0n) is 20.0. The molecule has 8 heteroatoms. The molecular weight excluding hydrogens is 464 g/mol. The van der Waals surface area contributed by atoms with Crippen LogP contribution in [0.4, 0.5) is 0 Å². The van der Waals surface area contributed by atoms with E-state index in [1.807, 2.05) is 78.9 Å². The highest BCUT2D eigenvalue weighted by molar-refractivity contribution is 5.81. The molecule has 0 radical (unpaired) electrons. The van der Waals surface area contributed by atoms with Crippen LogP contribution < -0.4 is 5.69 Å². The first-order valence-corrected chi connectivity index (χ1v) is 11.9. The Kier molecular flexibility index (Phi) is 6.86. The van der Waals surface area contributed by atoms with Gasteiger partial charge in [0.15, 0.2) is 0 Å².